The number of nitrogens with zero attached hydrogens (tertiary/aromatic N) is 1. The maximum atomic E-state index is 11.2. The zero-order chi connectivity index (χ0) is 13.1. The molecule has 0 bridgehead atoms. The topological polar surface area (TPSA) is 20.3 Å². The van der Waals surface area contributed by atoms with Gasteiger partial charge in [0.1, 0.15) is 0 Å². The highest BCUT2D eigenvalue weighted by Gasteiger charge is 2.10. The number of benzene rings is 2. The van der Waals surface area contributed by atoms with Crippen molar-refractivity contribution in [2.24, 2.45) is 0 Å². The maximum absolute atomic E-state index is 11.2. The number of rotatable bonds is 3. The number of hydrogen-bond acceptors (Lipinski definition) is 2. The van der Waals surface area contributed by atoms with Crippen LogP contribution < -0.4 is 4.90 Å². The Morgan fingerprint density at radius 1 is 1.00 bits per heavy atom. The van der Waals surface area contributed by atoms with E-state index in [1.165, 1.54) is 5.56 Å². The van der Waals surface area contributed by atoms with Gasteiger partial charge in [-0.1, -0.05) is 29.8 Å². The molecule has 0 amide bonds. The van der Waals surface area contributed by atoms with Crippen molar-refractivity contribution in [3.8, 4) is 0 Å². The van der Waals surface area contributed by atoms with Crippen LogP contribution in [0.5, 0.6) is 0 Å². The molecular formula is C16H17NO. The predicted molar refractivity (Wildman–Crippen MR) is 75.8 cm³/mol. The lowest BCUT2D eigenvalue weighted by Crippen LogP contribution is -2.12. The van der Waals surface area contributed by atoms with Gasteiger partial charge in [-0.15, -0.1) is 0 Å². The van der Waals surface area contributed by atoms with Crippen LogP contribution in [0.15, 0.2) is 42.5 Å². The van der Waals surface area contributed by atoms with Gasteiger partial charge in [0.15, 0.2) is 6.29 Å². The normalized spacial score (nSPS) is 10.2. The Kier molecular flexibility index (Phi) is 3.47. The Labute approximate surface area is 108 Å². The average Bonchev–Trinajstić information content (AvgIpc) is 2.38. The van der Waals surface area contributed by atoms with Gasteiger partial charge in [0.2, 0.25) is 0 Å². The molecule has 0 spiro atoms. The van der Waals surface area contributed by atoms with Crippen LogP contribution in [0.2, 0.25) is 0 Å². The molecule has 0 atom stereocenters. The molecule has 2 aromatic rings. The fourth-order valence-electron chi connectivity index (χ4n) is 2.14. The first-order valence-corrected chi connectivity index (χ1v) is 5.98. The van der Waals surface area contributed by atoms with Crippen molar-refractivity contribution in [3.05, 3.63) is 59.2 Å². The van der Waals surface area contributed by atoms with Crippen LogP contribution in [0.4, 0.5) is 11.4 Å². The molecule has 0 radical (unpaired) electrons. The van der Waals surface area contributed by atoms with Crippen molar-refractivity contribution >= 4 is 17.7 Å². The molecule has 0 aliphatic carbocycles. The van der Waals surface area contributed by atoms with Crippen LogP contribution in [0.3, 0.4) is 0 Å². The Bertz CT molecular complexity index is 575. The van der Waals surface area contributed by atoms with Crippen LogP contribution in [-0.4, -0.2) is 13.3 Å². The van der Waals surface area contributed by atoms with Crippen molar-refractivity contribution in [2.45, 2.75) is 13.8 Å². The van der Waals surface area contributed by atoms with Crippen LogP contribution in [-0.2, 0) is 0 Å². The highest BCUT2D eigenvalue weighted by molar-refractivity contribution is 5.87. The van der Waals surface area contributed by atoms with Crippen molar-refractivity contribution in [3.63, 3.8) is 0 Å². The van der Waals surface area contributed by atoms with Gasteiger partial charge >= 0.3 is 0 Å². The van der Waals surface area contributed by atoms with Gasteiger partial charge in [-0.25, -0.2) is 0 Å². The van der Waals surface area contributed by atoms with E-state index in [0.717, 1.165) is 28.8 Å². The quantitative estimate of drug-likeness (QED) is 0.757. The molecular weight excluding hydrogens is 222 g/mol. The van der Waals surface area contributed by atoms with E-state index in [1.807, 2.05) is 44.3 Å². The van der Waals surface area contributed by atoms with E-state index in [1.54, 1.807) is 0 Å². The van der Waals surface area contributed by atoms with Crippen LogP contribution in [0.25, 0.3) is 0 Å². The molecule has 0 aliphatic rings. The van der Waals surface area contributed by atoms with Crippen molar-refractivity contribution in [2.75, 3.05) is 11.9 Å². The zero-order valence-electron chi connectivity index (χ0n) is 11.0. The molecule has 0 aromatic heterocycles. The fraction of sp³-hybridized carbons (Fsp3) is 0.188. The number of hydrogen-bond donors (Lipinski definition) is 0. The highest BCUT2D eigenvalue weighted by atomic mass is 16.1. The summed E-state index contributed by atoms with van der Waals surface area (Å²) in [6.45, 7) is 4.06. The van der Waals surface area contributed by atoms with Crippen LogP contribution in [0, 0.1) is 13.8 Å². The molecule has 92 valence electrons. The van der Waals surface area contributed by atoms with Gasteiger partial charge in [0.05, 0.1) is 5.69 Å². The van der Waals surface area contributed by atoms with Gasteiger partial charge in [-0.05, 0) is 37.6 Å². The summed E-state index contributed by atoms with van der Waals surface area (Å²) in [6, 6.07) is 14.1. The molecule has 2 nitrogen and oxygen atoms in total. The van der Waals surface area contributed by atoms with Gasteiger partial charge < -0.3 is 4.90 Å². The molecule has 2 heteroatoms. The standard InChI is InChI=1S/C16H17NO/c1-12-8-9-16(14(10-12)11-18)17(3)15-7-5-4-6-13(15)2/h4-11H,1-3H3. The lowest BCUT2D eigenvalue weighted by atomic mass is 10.1. The molecule has 0 N–H and O–H groups in total. The SMILES string of the molecule is Cc1ccc(N(C)c2ccccc2C)c(C=O)c1. The summed E-state index contributed by atoms with van der Waals surface area (Å²) < 4.78 is 0. The van der Waals surface area contributed by atoms with E-state index in [2.05, 4.69) is 24.0 Å². The summed E-state index contributed by atoms with van der Waals surface area (Å²) in [7, 11) is 1.99. The summed E-state index contributed by atoms with van der Waals surface area (Å²) >= 11 is 0. The second-order valence-corrected chi connectivity index (χ2v) is 4.53. The van der Waals surface area contributed by atoms with Gasteiger partial charge in [0, 0.05) is 18.3 Å². The number of aryl methyl sites for hydroxylation is 2. The second kappa shape index (κ2) is 5.05. The zero-order valence-corrected chi connectivity index (χ0v) is 11.0. The predicted octanol–water partition coefficient (Wildman–Crippen LogP) is 3.88. The third-order valence-electron chi connectivity index (χ3n) is 3.15. The molecule has 18 heavy (non-hydrogen) atoms. The van der Waals surface area contributed by atoms with Gasteiger partial charge in [0.25, 0.3) is 0 Å². The smallest absolute Gasteiger partial charge is 0.152 e. The molecule has 0 saturated carbocycles. The minimum absolute atomic E-state index is 0.723. The van der Waals surface area contributed by atoms with Crippen molar-refractivity contribution < 1.29 is 4.79 Å². The Balaban J connectivity index is 2.49. The number of para-hydroxylation sites is 1. The van der Waals surface area contributed by atoms with Gasteiger partial charge in [-0.3, -0.25) is 4.79 Å². The number of carbonyl (C=O) groups excluding carboxylic acids is 1. The number of anilines is 2. The van der Waals surface area contributed by atoms with E-state index >= 15 is 0 Å². The molecule has 0 heterocycles. The number of aldehydes is 1. The largest absolute Gasteiger partial charge is 0.344 e. The Morgan fingerprint density at radius 2 is 1.72 bits per heavy atom. The highest BCUT2D eigenvalue weighted by Crippen LogP contribution is 2.29. The average molecular weight is 239 g/mol. The summed E-state index contributed by atoms with van der Waals surface area (Å²) in [5.74, 6) is 0. The summed E-state index contributed by atoms with van der Waals surface area (Å²) in [5.41, 5.74) is 5.06. The molecule has 2 aromatic carbocycles. The summed E-state index contributed by atoms with van der Waals surface area (Å²) in [6.07, 6.45) is 0.914. The molecule has 0 unspecified atom stereocenters. The fourth-order valence-corrected chi connectivity index (χ4v) is 2.14. The Morgan fingerprint density at radius 3 is 2.39 bits per heavy atom. The molecule has 0 saturated heterocycles. The third-order valence-corrected chi connectivity index (χ3v) is 3.15. The van der Waals surface area contributed by atoms with E-state index < -0.39 is 0 Å². The monoisotopic (exact) mass is 239 g/mol. The van der Waals surface area contributed by atoms with Crippen molar-refractivity contribution in [1.29, 1.82) is 0 Å². The third kappa shape index (κ3) is 2.28. The first-order chi connectivity index (χ1) is 8.63. The minimum atomic E-state index is 0.723. The van der Waals surface area contributed by atoms with Crippen LogP contribution >= 0.6 is 0 Å². The second-order valence-electron chi connectivity index (χ2n) is 4.53. The van der Waals surface area contributed by atoms with Gasteiger partial charge in [-0.2, -0.15) is 0 Å². The minimum Gasteiger partial charge on any atom is -0.344 e. The van der Waals surface area contributed by atoms with E-state index in [4.69, 9.17) is 0 Å². The lowest BCUT2D eigenvalue weighted by Gasteiger charge is -2.23. The maximum Gasteiger partial charge on any atom is 0.152 e. The molecule has 0 fully saturated rings. The van der Waals surface area contributed by atoms with Crippen LogP contribution in [0.1, 0.15) is 21.5 Å². The van der Waals surface area contributed by atoms with E-state index in [0.29, 0.717) is 0 Å². The summed E-state index contributed by atoms with van der Waals surface area (Å²) in [4.78, 5) is 13.2. The molecule has 0 aliphatic heterocycles. The molecule has 2 rings (SSSR count). The number of carbonyl (C=O) groups is 1. The first-order valence-electron chi connectivity index (χ1n) is 5.98. The van der Waals surface area contributed by atoms with Crippen molar-refractivity contribution in [1.82, 2.24) is 0 Å². The lowest BCUT2D eigenvalue weighted by molar-refractivity contribution is 0.112. The summed E-state index contributed by atoms with van der Waals surface area (Å²) in [5, 5.41) is 0. The van der Waals surface area contributed by atoms with E-state index in [-0.39, 0.29) is 0 Å². The Hall–Kier alpha value is -2.09. The van der Waals surface area contributed by atoms with E-state index in [9.17, 15) is 4.79 Å². The first kappa shape index (κ1) is 12.4.